The summed E-state index contributed by atoms with van der Waals surface area (Å²) in [6.45, 7) is 5.64. The minimum absolute atomic E-state index is 0.833. The number of hydrogen-bond donors (Lipinski definition) is 5. The van der Waals surface area contributed by atoms with Gasteiger partial charge in [0.1, 0.15) is 0 Å². The van der Waals surface area contributed by atoms with Gasteiger partial charge in [-0.05, 0) is 0 Å². The van der Waals surface area contributed by atoms with Gasteiger partial charge in [0.15, 0.2) is 0 Å². The lowest BCUT2D eigenvalue weighted by Gasteiger charge is -2.11. The van der Waals surface area contributed by atoms with Gasteiger partial charge in [0.05, 0.1) is 0 Å². The molecule has 1 aliphatic heterocycles. The average molecular weight is 228 g/mol. The molecule has 0 atom stereocenters. The molecule has 1 aliphatic rings. The van der Waals surface area contributed by atoms with Crippen molar-refractivity contribution < 1.29 is 24.3 Å². The highest BCUT2D eigenvalue weighted by Gasteiger charge is 1.91. The maximum absolute atomic E-state index is 9.00. The van der Waals surface area contributed by atoms with Gasteiger partial charge in [0.25, 0.3) is 5.97 Å². The lowest BCUT2D eigenvalue weighted by Crippen LogP contribution is -2.39. The van der Waals surface area contributed by atoms with Crippen LogP contribution in [-0.4, -0.2) is 47.0 Å². The number of carboxylic acid groups (broad SMARTS) is 1. The van der Waals surface area contributed by atoms with E-state index in [-0.39, 0.29) is 0 Å². The first-order valence-electron chi connectivity index (χ1n) is 3.99. The third-order valence-corrected chi connectivity index (χ3v) is 0.957. The van der Waals surface area contributed by atoms with Gasteiger partial charge in [0.2, 0.25) is 0 Å². The summed E-state index contributed by atoms with van der Waals surface area (Å²) in [6.07, 6.45) is 0. The van der Waals surface area contributed by atoms with E-state index in [4.69, 9.17) is 24.3 Å². The molecule has 0 aromatic heterocycles. The first kappa shape index (κ1) is 16.0. The van der Waals surface area contributed by atoms with Gasteiger partial charge in [-0.15, -0.1) is 0 Å². The summed E-state index contributed by atoms with van der Waals surface area (Å²) in [6, 6.07) is 0. The monoisotopic (exact) mass is 228 g/mol. The van der Waals surface area contributed by atoms with E-state index in [2.05, 4.69) is 10.6 Å². The van der Waals surface area contributed by atoms with Gasteiger partial charge < -0.3 is 25.5 Å². The topological polar surface area (TPSA) is 119 Å². The van der Waals surface area contributed by atoms with Crippen molar-refractivity contribution in [3.63, 3.8) is 0 Å². The number of nitrogens with one attached hydrogen (secondary N) is 2. The molecule has 14 heavy (non-hydrogen) atoms. The summed E-state index contributed by atoms with van der Waals surface area (Å²) < 4.78 is 8.74. The molecule has 0 amide bonds. The molecular weight excluding hydrogens is 211 g/mol. The summed E-state index contributed by atoms with van der Waals surface area (Å²) in [5, 5.41) is 13.9. The predicted molar refractivity (Wildman–Crippen MR) is 52.5 cm³/mol. The van der Waals surface area contributed by atoms with Gasteiger partial charge in [-0.2, -0.15) is 0 Å². The highest BCUT2D eigenvalue weighted by Crippen LogP contribution is 1.98. The van der Waals surface area contributed by atoms with Crippen molar-refractivity contribution in [2.24, 2.45) is 0 Å². The van der Waals surface area contributed by atoms with E-state index in [1.807, 2.05) is 0 Å². The van der Waals surface area contributed by atoms with Gasteiger partial charge in [-0.1, -0.05) is 0 Å². The molecule has 1 fully saturated rings. The maximum atomic E-state index is 9.00. The maximum Gasteiger partial charge on any atom is 0.314 e. The fourth-order valence-corrected chi connectivity index (χ4v) is 0.604. The van der Waals surface area contributed by atoms with Crippen molar-refractivity contribution in [2.45, 2.75) is 6.92 Å². The van der Waals surface area contributed by atoms with Crippen LogP contribution in [0.3, 0.4) is 0 Å². The van der Waals surface area contributed by atoms with Crippen LogP contribution in [0.4, 0.5) is 0 Å². The van der Waals surface area contributed by atoms with E-state index >= 15 is 0 Å². The van der Waals surface area contributed by atoms with Crippen molar-refractivity contribution in [1.29, 1.82) is 0 Å². The number of carbonyl (C=O) groups is 1. The van der Waals surface area contributed by atoms with Crippen molar-refractivity contribution in [3.8, 4) is 0 Å². The third kappa shape index (κ3) is 41.8. The molecule has 0 radical (unpaired) electrons. The quantitative estimate of drug-likeness (QED) is 0.324. The fraction of sp³-hybridized carbons (Fsp3) is 0.833. The van der Waals surface area contributed by atoms with Crippen LogP contribution < -0.4 is 10.6 Å². The van der Waals surface area contributed by atoms with E-state index in [0.29, 0.717) is 0 Å². The lowest BCUT2D eigenvalue weighted by atomic mass is 10.4. The van der Waals surface area contributed by atoms with Crippen molar-refractivity contribution in [3.05, 3.63) is 0 Å². The van der Waals surface area contributed by atoms with E-state index < -0.39 is 14.2 Å². The molecule has 1 saturated heterocycles. The van der Waals surface area contributed by atoms with Crippen LogP contribution in [0.5, 0.6) is 0 Å². The smallest absolute Gasteiger partial charge is 0.314 e. The first-order chi connectivity index (χ1) is 6.46. The highest BCUT2D eigenvalue weighted by atomic mass is 31.1. The zero-order valence-corrected chi connectivity index (χ0v) is 8.99. The minimum atomic E-state index is -3.13. The zero-order chi connectivity index (χ0) is 11.4. The van der Waals surface area contributed by atoms with Crippen LogP contribution in [0.15, 0.2) is 0 Å². The molecule has 86 valence electrons. The second kappa shape index (κ2) is 12.5. The summed E-state index contributed by atoms with van der Waals surface area (Å²) in [5.41, 5.74) is 0. The van der Waals surface area contributed by atoms with Crippen LogP contribution in [0.2, 0.25) is 0 Å². The first-order valence-corrected chi connectivity index (χ1v) is 5.30. The van der Waals surface area contributed by atoms with Crippen molar-refractivity contribution >= 4 is 14.2 Å². The van der Waals surface area contributed by atoms with E-state index in [0.717, 1.165) is 33.1 Å². The normalized spacial score (nSPS) is 14.6. The second-order valence-corrected chi connectivity index (χ2v) is 2.87. The summed E-state index contributed by atoms with van der Waals surface area (Å²) in [7, 11) is -3.13. The van der Waals surface area contributed by atoms with Crippen molar-refractivity contribution in [2.75, 3.05) is 26.2 Å². The van der Waals surface area contributed by atoms with Crippen LogP contribution in [0.1, 0.15) is 6.92 Å². The Balaban J connectivity index is 0. The molecule has 0 spiro atoms. The SMILES string of the molecule is C1CNCCN1.CC(=O)O.O=[PH](O)O. The molecular formula is C6H17N2O5P. The van der Waals surface area contributed by atoms with Gasteiger partial charge in [0, 0.05) is 33.1 Å². The Morgan fingerprint density at radius 1 is 1.14 bits per heavy atom. The molecule has 1 heterocycles. The molecule has 1 rings (SSSR count). The summed E-state index contributed by atoms with van der Waals surface area (Å²) >= 11 is 0. The molecule has 0 saturated carbocycles. The number of rotatable bonds is 0. The van der Waals surface area contributed by atoms with Crippen molar-refractivity contribution in [1.82, 2.24) is 10.6 Å². The van der Waals surface area contributed by atoms with Crippen LogP contribution in [0, 0.1) is 0 Å². The zero-order valence-electron chi connectivity index (χ0n) is 7.99. The summed E-state index contributed by atoms with van der Waals surface area (Å²) in [4.78, 5) is 23.3. The predicted octanol–water partition coefficient (Wildman–Crippen LogP) is -1.37. The average Bonchev–Trinajstić information content (AvgIpc) is 2.05. The lowest BCUT2D eigenvalue weighted by molar-refractivity contribution is -0.134. The Morgan fingerprint density at radius 3 is 1.36 bits per heavy atom. The molecule has 8 heteroatoms. The molecule has 5 N–H and O–H groups in total. The largest absolute Gasteiger partial charge is 0.481 e. The Hall–Kier alpha value is -0.460. The number of piperazine rings is 1. The number of carboxylic acids is 1. The van der Waals surface area contributed by atoms with Crippen LogP contribution >= 0.6 is 8.25 Å². The van der Waals surface area contributed by atoms with Gasteiger partial charge >= 0.3 is 8.25 Å². The third-order valence-electron chi connectivity index (χ3n) is 0.957. The molecule has 0 bridgehead atoms. The fourth-order valence-electron chi connectivity index (χ4n) is 0.604. The Morgan fingerprint density at radius 2 is 1.29 bits per heavy atom. The van der Waals surface area contributed by atoms with E-state index in [9.17, 15) is 0 Å². The van der Waals surface area contributed by atoms with Gasteiger partial charge in [-0.25, -0.2) is 0 Å². The second-order valence-electron chi connectivity index (χ2n) is 2.30. The van der Waals surface area contributed by atoms with Crippen LogP contribution in [-0.2, 0) is 9.36 Å². The molecule has 0 aliphatic carbocycles. The molecule has 0 aromatic carbocycles. The summed E-state index contributed by atoms with van der Waals surface area (Å²) in [5.74, 6) is -0.833. The Kier molecular flexibility index (Phi) is 14.3. The highest BCUT2D eigenvalue weighted by molar-refractivity contribution is 7.30. The number of hydrogen-bond acceptors (Lipinski definition) is 4. The molecule has 7 nitrogen and oxygen atoms in total. The minimum Gasteiger partial charge on any atom is -0.481 e. The van der Waals surface area contributed by atoms with Gasteiger partial charge in [-0.3, -0.25) is 9.36 Å². The van der Waals surface area contributed by atoms with E-state index in [1.54, 1.807) is 0 Å². The molecule has 0 unspecified atom stereocenters. The standard InChI is InChI=1S/C4H10N2.C2H4O2.H3O3P/c1-2-6-4-3-5-1;1-2(3)4;1-4(2)3/h5-6H,1-4H2;1H3,(H,3,4);4H,(H2,1,2,3). The Bertz CT molecular complexity index is 131. The number of aliphatic carboxylic acids is 1. The van der Waals surface area contributed by atoms with E-state index in [1.165, 1.54) is 0 Å². The van der Waals surface area contributed by atoms with Crippen LogP contribution in [0.25, 0.3) is 0 Å². The molecule has 0 aromatic rings. The Labute approximate surface area is 83.1 Å².